The highest BCUT2D eigenvalue weighted by Gasteiger charge is 2.20. The van der Waals surface area contributed by atoms with Crippen molar-refractivity contribution in [3.05, 3.63) is 140 Å². The molecule has 3 nitrogen and oxygen atoms in total. The standard InChI is InChI=1S/C40H23NO2S/c1-2-9-26(10-3-1)41(34-14-8-13-31-28-11-4-7-16-36(28)43-40(31)34)27-17-18-30-33-20-24-21-37-32(29-12-5-6-15-35(29)42-37)19-25(24)22-38(33)44-39(30)23-27/h1-23H. The van der Waals surface area contributed by atoms with Crippen LogP contribution in [0, 0.1) is 0 Å². The highest BCUT2D eigenvalue weighted by Crippen LogP contribution is 2.45. The van der Waals surface area contributed by atoms with Crippen molar-refractivity contribution in [2.24, 2.45) is 0 Å². The largest absolute Gasteiger partial charge is 0.456 e. The van der Waals surface area contributed by atoms with Crippen LogP contribution in [-0.2, 0) is 0 Å². The number of hydrogen-bond donors (Lipinski definition) is 0. The molecule has 3 heterocycles. The Bertz CT molecular complexity index is 2730. The summed E-state index contributed by atoms with van der Waals surface area (Å²) >= 11 is 1.84. The van der Waals surface area contributed by atoms with Crippen LogP contribution in [0.2, 0.25) is 0 Å². The molecule has 206 valence electrons. The molecule has 10 aromatic rings. The molecule has 0 bridgehead atoms. The van der Waals surface area contributed by atoms with E-state index in [9.17, 15) is 0 Å². The summed E-state index contributed by atoms with van der Waals surface area (Å²) in [5.74, 6) is 0. The van der Waals surface area contributed by atoms with Gasteiger partial charge in [-0.2, -0.15) is 0 Å². The first kappa shape index (κ1) is 23.9. The average molecular weight is 582 g/mol. The van der Waals surface area contributed by atoms with Gasteiger partial charge in [0, 0.05) is 53.1 Å². The summed E-state index contributed by atoms with van der Waals surface area (Å²) in [6.45, 7) is 0. The van der Waals surface area contributed by atoms with Gasteiger partial charge in [-0.05, 0) is 77.5 Å². The van der Waals surface area contributed by atoms with E-state index in [2.05, 4.69) is 120 Å². The summed E-state index contributed by atoms with van der Waals surface area (Å²) in [6.07, 6.45) is 0. The normalized spacial score (nSPS) is 12.1. The second-order valence-corrected chi connectivity index (χ2v) is 12.4. The third-order valence-corrected chi connectivity index (χ3v) is 9.92. The fourth-order valence-electron chi connectivity index (χ4n) is 6.78. The van der Waals surface area contributed by atoms with Crippen molar-refractivity contribution in [3.8, 4) is 0 Å². The van der Waals surface area contributed by atoms with Crippen LogP contribution in [-0.4, -0.2) is 0 Å². The zero-order valence-corrected chi connectivity index (χ0v) is 24.3. The molecule has 0 fully saturated rings. The number of thiophene rings is 1. The topological polar surface area (TPSA) is 29.5 Å². The minimum absolute atomic E-state index is 0.886. The second kappa shape index (κ2) is 8.96. The molecule has 0 unspecified atom stereocenters. The van der Waals surface area contributed by atoms with Gasteiger partial charge in [0.25, 0.3) is 0 Å². The van der Waals surface area contributed by atoms with Crippen molar-refractivity contribution < 1.29 is 8.83 Å². The predicted molar refractivity (Wildman–Crippen MR) is 186 cm³/mol. The van der Waals surface area contributed by atoms with Crippen LogP contribution < -0.4 is 4.90 Å². The lowest BCUT2D eigenvalue weighted by molar-refractivity contribution is 0.669. The molecule has 0 saturated heterocycles. The molecule has 4 heteroatoms. The van der Waals surface area contributed by atoms with Crippen LogP contribution in [0.5, 0.6) is 0 Å². The van der Waals surface area contributed by atoms with E-state index < -0.39 is 0 Å². The van der Waals surface area contributed by atoms with Gasteiger partial charge < -0.3 is 13.7 Å². The molecule has 44 heavy (non-hydrogen) atoms. The molecular formula is C40H23NO2S. The van der Waals surface area contributed by atoms with Gasteiger partial charge in [0.2, 0.25) is 0 Å². The SMILES string of the molecule is c1ccc(N(c2ccc3c(c2)sc2cc4cc5c(cc4cc23)oc2ccccc25)c2cccc3c2oc2ccccc23)cc1. The molecule has 3 aromatic heterocycles. The lowest BCUT2D eigenvalue weighted by Crippen LogP contribution is -2.09. The molecule has 0 atom stereocenters. The van der Waals surface area contributed by atoms with E-state index in [-0.39, 0.29) is 0 Å². The van der Waals surface area contributed by atoms with Crippen molar-refractivity contribution in [2.45, 2.75) is 0 Å². The Balaban J connectivity index is 1.18. The zero-order valence-electron chi connectivity index (χ0n) is 23.5. The number of furan rings is 2. The molecule has 0 amide bonds. The van der Waals surface area contributed by atoms with Crippen LogP contribution in [0.1, 0.15) is 0 Å². The maximum atomic E-state index is 6.49. The first-order valence-electron chi connectivity index (χ1n) is 14.8. The molecule has 10 rings (SSSR count). The molecule has 0 aliphatic heterocycles. The number of para-hydroxylation sites is 4. The summed E-state index contributed by atoms with van der Waals surface area (Å²) in [6, 6.07) is 49.4. The lowest BCUT2D eigenvalue weighted by Gasteiger charge is -2.25. The summed E-state index contributed by atoms with van der Waals surface area (Å²) < 4.78 is 15.2. The van der Waals surface area contributed by atoms with E-state index in [0.717, 1.165) is 60.9 Å². The Kier molecular flexibility index (Phi) is 4.87. The monoisotopic (exact) mass is 581 g/mol. The number of hydrogen-bond acceptors (Lipinski definition) is 4. The first-order valence-corrected chi connectivity index (χ1v) is 15.6. The van der Waals surface area contributed by atoms with Gasteiger partial charge >= 0.3 is 0 Å². The number of benzene rings is 7. The van der Waals surface area contributed by atoms with Crippen molar-refractivity contribution in [3.63, 3.8) is 0 Å². The molecular weight excluding hydrogens is 559 g/mol. The highest BCUT2D eigenvalue weighted by atomic mass is 32.1. The van der Waals surface area contributed by atoms with Gasteiger partial charge in [-0.1, -0.05) is 72.8 Å². The molecule has 0 aliphatic rings. The molecule has 0 aliphatic carbocycles. The van der Waals surface area contributed by atoms with Crippen LogP contribution in [0.4, 0.5) is 17.1 Å². The number of nitrogens with zero attached hydrogens (tertiary/aromatic N) is 1. The molecule has 0 spiro atoms. The van der Waals surface area contributed by atoms with Gasteiger partial charge in [0.15, 0.2) is 5.58 Å². The van der Waals surface area contributed by atoms with Gasteiger partial charge in [-0.25, -0.2) is 0 Å². The third kappa shape index (κ3) is 3.43. The summed E-state index contributed by atoms with van der Waals surface area (Å²) in [5.41, 5.74) is 6.84. The third-order valence-electron chi connectivity index (χ3n) is 8.81. The van der Waals surface area contributed by atoms with Crippen molar-refractivity contribution >= 4 is 103 Å². The minimum atomic E-state index is 0.886. The maximum Gasteiger partial charge on any atom is 0.159 e. The van der Waals surface area contributed by atoms with Gasteiger partial charge in [0.1, 0.15) is 16.7 Å². The van der Waals surface area contributed by atoms with Crippen LogP contribution in [0.3, 0.4) is 0 Å². The van der Waals surface area contributed by atoms with E-state index in [0.29, 0.717) is 0 Å². The van der Waals surface area contributed by atoms with Crippen LogP contribution >= 0.6 is 11.3 Å². The number of anilines is 3. The number of rotatable bonds is 3. The Morgan fingerprint density at radius 2 is 1.09 bits per heavy atom. The quantitative estimate of drug-likeness (QED) is 0.208. The average Bonchev–Trinajstić information content (AvgIpc) is 3.74. The summed E-state index contributed by atoms with van der Waals surface area (Å²) in [5, 5.41) is 9.51. The van der Waals surface area contributed by atoms with E-state index in [4.69, 9.17) is 8.83 Å². The maximum absolute atomic E-state index is 6.49. The van der Waals surface area contributed by atoms with Gasteiger partial charge in [-0.3, -0.25) is 0 Å². The van der Waals surface area contributed by atoms with Gasteiger partial charge in [0.05, 0.1) is 5.69 Å². The Morgan fingerprint density at radius 3 is 1.95 bits per heavy atom. The second-order valence-electron chi connectivity index (χ2n) is 11.3. The van der Waals surface area contributed by atoms with E-state index in [1.165, 1.54) is 30.9 Å². The van der Waals surface area contributed by atoms with E-state index >= 15 is 0 Å². The van der Waals surface area contributed by atoms with E-state index in [1.54, 1.807) is 0 Å². The first-order chi connectivity index (χ1) is 21.8. The number of fused-ring (bicyclic) bond motifs is 10. The highest BCUT2D eigenvalue weighted by molar-refractivity contribution is 7.25. The van der Waals surface area contributed by atoms with Crippen LogP contribution in [0.25, 0.3) is 74.8 Å². The van der Waals surface area contributed by atoms with Crippen molar-refractivity contribution in [1.82, 2.24) is 0 Å². The summed E-state index contributed by atoms with van der Waals surface area (Å²) in [7, 11) is 0. The van der Waals surface area contributed by atoms with Crippen LogP contribution in [0.15, 0.2) is 148 Å². The molecule has 0 saturated carbocycles. The Hall–Kier alpha value is -5.58. The van der Waals surface area contributed by atoms with Crippen molar-refractivity contribution in [1.29, 1.82) is 0 Å². The fourth-order valence-corrected chi connectivity index (χ4v) is 7.95. The molecule has 0 N–H and O–H groups in total. The summed E-state index contributed by atoms with van der Waals surface area (Å²) in [4.78, 5) is 2.31. The fraction of sp³-hybridized carbons (Fsp3) is 0. The minimum Gasteiger partial charge on any atom is -0.456 e. The van der Waals surface area contributed by atoms with E-state index in [1.807, 2.05) is 35.6 Å². The Labute approximate surface area is 255 Å². The molecule has 0 radical (unpaired) electrons. The molecule has 7 aromatic carbocycles. The van der Waals surface area contributed by atoms with Crippen molar-refractivity contribution in [2.75, 3.05) is 4.90 Å². The Morgan fingerprint density at radius 1 is 0.409 bits per heavy atom. The smallest absolute Gasteiger partial charge is 0.159 e. The lowest BCUT2D eigenvalue weighted by atomic mass is 10.0. The van der Waals surface area contributed by atoms with Gasteiger partial charge in [-0.15, -0.1) is 11.3 Å². The predicted octanol–water partition coefficient (Wildman–Crippen LogP) is 12.5. The zero-order chi connectivity index (χ0) is 28.8.